The molecule has 4 N–H and O–H groups in total. The van der Waals surface area contributed by atoms with Gasteiger partial charge >= 0.3 is 0 Å². The SMILES string of the molecule is Nc1ccc2ccccc2c1/N=N/c1cccc(/C=C/c2ccccc2S(=O)(=O)O)c1S(=O)(=O)O. The second-order valence-electron chi connectivity index (χ2n) is 7.44. The lowest BCUT2D eigenvalue weighted by molar-refractivity contribution is 0.480. The van der Waals surface area contributed by atoms with Gasteiger partial charge in [-0.25, -0.2) is 0 Å². The Kier molecular flexibility index (Phi) is 6.50. The van der Waals surface area contributed by atoms with E-state index in [2.05, 4.69) is 10.2 Å². The van der Waals surface area contributed by atoms with E-state index in [1.165, 1.54) is 48.6 Å². The number of benzene rings is 4. The number of azo groups is 1. The van der Waals surface area contributed by atoms with Crippen molar-refractivity contribution in [3.05, 3.63) is 90.0 Å². The molecule has 0 saturated heterocycles. The minimum Gasteiger partial charge on any atom is -0.397 e. The minimum absolute atomic E-state index is 0.0278. The van der Waals surface area contributed by atoms with Crippen LogP contribution >= 0.6 is 0 Å². The van der Waals surface area contributed by atoms with Gasteiger partial charge in [-0.05, 0) is 34.7 Å². The Balaban J connectivity index is 1.83. The summed E-state index contributed by atoms with van der Waals surface area (Å²) in [6.45, 7) is 0. The molecule has 0 aliphatic rings. The topological polar surface area (TPSA) is 159 Å². The molecule has 0 bridgehead atoms. The lowest BCUT2D eigenvalue weighted by Gasteiger charge is -2.08. The third kappa shape index (κ3) is 5.28. The highest BCUT2D eigenvalue weighted by molar-refractivity contribution is 7.86. The molecule has 35 heavy (non-hydrogen) atoms. The Hall–Kier alpha value is -3.90. The van der Waals surface area contributed by atoms with Crippen molar-refractivity contribution in [2.45, 2.75) is 9.79 Å². The Morgan fingerprint density at radius 1 is 0.686 bits per heavy atom. The molecule has 0 atom stereocenters. The molecular formula is C24H19N3O6S2. The van der Waals surface area contributed by atoms with Crippen LogP contribution in [0.4, 0.5) is 17.1 Å². The first kappa shape index (κ1) is 24.2. The summed E-state index contributed by atoms with van der Waals surface area (Å²) in [7, 11) is -9.28. The van der Waals surface area contributed by atoms with Gasteiger partial charge in [-0.3, -0.25) is 9.11 Å². The van der Waals surface area contributed by atoms with Crippen LogP contribution in [0.25, 0.3) is 22.9 Å². The third-order valence-corrected chi connectivity index (χ3v) is 7.00. The predicted octanol–water partition coefficient (Wildman–Crippen LogP) is 5.50. The van der Waals surface area contributed by atoms with Crippen molar-refractivity contribution in [1.29, 1.82) is 0 Å². The Morgan fingerprint density at radius 2 is 1.34 bits per heavy atom. The van der Waals surface area contributed by atoms with E-state index < -0.39 is 25.1 Å². The van der Waals surface area contributed by atoms with Crippen molar-refractivity contribution in [2.24, 2.45) is 10.2 Å². The first-order chi connectivity index (χ1) is 16.6. The van der Waals surface area contributed by atoms with E-state index in [4.69, 9.17) is 5.73 Å². The fraction of sp³-hybridized carbons (Fsp3) is 0. The Bertz CT molecular complexity index is 1710. The average Bonchev–Trinajstić information content (AvgIpc) is 2.81. The van der Waals surface area contributed by atoms with Crippen molar-refractivity contribution in [2.75, 3.05) is 5.73 Å². The van der Waals surface area contributed by atoms with Crippen LogP contribution in [-0.2, 0) is 20.2 Å². The molecule has 0 amide bonds. The predicted molar refractivity (Wildman–Crippen MR) is 134 cm³/mol. The zero-order chi connectivity index (χ0) is 25.2. The number of fused-ring (bicyclic) bond motifs is 1. The van der Waals surface area contributed by atoms with Crippen molar-refractivity contribution in [3.8, 4) is 0 Å². The maximum absolute atomic E-state index is 12.3. The number of nitrogen functional groups attached to an aromatic ring is 1. The highest BCUT2D eigenvalue weighted by Gasteiger charge is 2.20. The Morgan fingerprint density at radius 3 is 2.09 bits per heavy atom. The van der Waals surface area contributed by atoms with E-state index in [0.29, 0.717) is 16.8 Å². The van der Waals surface area contributed by atoms with Gasteiger partial charge in [0.05, 0.1) is 5.69 Å². The molecule has 0 aromatic heterocycles. The van der Waals surface area contributed by atoms with Gasteiger partial charge in [-0.15, -0.1) is 10.2 Å². The minimum atomic E-state index is -4.77. The second kappa shape index (κ2) is 9.39. The fourth-order valence-electron chi connectivity index (χ4n) is 3.55. The van der Waals surface area contributed by atoms with Gasteiger partial charge < -0.3 is 5.73 Å². The van der Waals surface area contributed by atoms with Crippen molar-refractivity contribution >= 4 is 60.2 Å². The van der Waals surface area contributed by atoms with Crippen LogP contribution in [0, 0.1) is 0 Å². The van der Waals surface area contributed by atoms with Crippen molar-refractivity contribution in [1.82, 2.24) is 0 Å². The summed E-state index contributed by atoms with van der Waals surface area (Å²) in [5.74, 6) is 0. The molecular weight excluding hydrogens is 490 g/mol. The van der Waals surface area contributed by atoms with Gasteiger partial charge in [0, 0.05) is 5.39 Å². The first-order valence-electron chi connectivity index (χ1n) is 10.1. The van der Waals surface area contributed by atoms with Crippen LogP contribution < -0.4 is 5.73 Å². The molecule has 0 radical (unpaired) electrons. The molecule has 4 aromatic rings. The van der Waals surface area contributed by atoms with Gasteiger partial charge in [0.1, 0.15) is 21.2 Å². The number of nitrogens with two attached hydrogens (primary N) is 1. The summed E-state index contributed by atoms with van der Waals surface area (Å²) in [6, 6.07) is 20.7. The van der Waals surface area contributed by atoms with Crippen LogP contribution in [0.2, 0.25) is 0 Å². The van der Waals surface area contributed by atoms with Gasteiger partial charge in [0.15, 0.2) is 0 Å². The highest BCUT2D eigenvalue weighted by atomic mass is 32.2. The van der Waals surface area contributed by atoms with Crippen LogP contribution in [0.1, 0.15) is 11.1 Å². The molecule has 0 spiro atoms. The third-order valence-electron chi connectivity index (χ3n) is 5.11. The fourth-order valence-corrected chi connectivity index (χ4v) is 5.04. The quantitative estimate of drug-likeness (QED) is 0.134. The number of hydrogen-bond acceptors (Lipinski definition) is 7. The maximum Gasteiger partial charge on any atom is 0.297 e. The lowest BCUT2D eigenvalue weighted by atomic mass is 10.1. The molecule has 178 valence electrons. The number of anilines is 1. The zero-order valence-corrected chi connectivity index (χ0v) is 19.6. The normalized spacial score (nSPS) is 12.6. The summed E-state index contributed by atoms with van der Waals surface area (Å²) in [4.78, 5) is -0.880. The van der Waals surface area contributed by atoms with Crippen LogP contribution in [0.5, 0.6) is 0 Å². The molecule has 0 unspecified atom stereocenters. The number of nitrogens with zero attached hydrogens (tertiary/aromatic N) is 2. The van der Waals surface area contributed by atoms with E-state index in [0.717, 1.165) is 5.39 Å². The molecule has 0 fully saturated rings. The van der Waals surface area contributed by atoms with Crippen LogP contribution in [-0.4, -0.2) is 25.9 Å². The monoisotopic (exact) mass is 509 g/mol. The summed E-state index contributed by atoms with van der Waals surface area (Å²) < 4.78 is 67.2. The number of hydrogen-bond donors (Lipinski definition) is 3. The van der Waals surface area contributed by atoms with E-state index in [1.807, 2.05) is 18.2 Å². The first-order valence-corrected chi connectivity index (χ1v) is 13.0. The van der Waals surface area contributed by atoms with Gasteiger partial charge in [-0.1, -0.05) is 72.8 Å². The van der Waals surface area contributed by atoms with Crippen LogP contribution in [0.3, 0.4) is 0 Å². The molecule has 4 rings (SSSR count). The summed E-state index contributed by atoms with van der Waals surface area (Å²) in [6.07, 6.45) is 2.59. The molecule has 4 aromatic carbocycles. The van der Waals surface area contributed by atoms with Crippen molar-refractivity contribution in [3.63, 3.8) is 0 Å². The van der Waals surface area contributed by atoms with E-state index in [-0.39, 0.29) is 21.7 Å². The maximum atomic E-state index is 12.3. The molecule has 0 heterocycles. The summed E-state index contributed by atoms with van der Waals surface area (Å²) >= 11 is 0. The molecule has 0 saturated carbocycles. The molecule has 0 aliphatic heterocycles. The molecule has 9 nitrogen and oxygen atoms in total. The smallest absolute Gasteiger partial charge is 0.297 e. The highest BCUT2D eigenvalue weighted by Crippen LogP contribution is 2.35. The standard InChI is InChI=1S/C24H19N3O6S2/c25-20-15-14-16-6-1-3-9-19(16)23(20)27-26-21-10-5-8-18(24(21)35(31,32)33)13-12-17-7-2-4-11-22(17)34(28,29)30/h1-15H,25H2,(H,28,29,30)(H,31,32,33)/b13-12+,27-26+. The van der Waals surface area contributed by atoms with E-state index in [9.17, 15) is 25.9 Å². The second-order valence-corrected chi connectivity index (χ2v) is 10.2. The Labute approximate surface area is 201 Å². The van der Waals surface area contributed by atoms with E-state index in [1.54, 1.807) is 24.3 Å². The van der Waals surface area contributed by atoms with Crippen molar-refractivity contribution < 1.29 is 25.9 Å². The summed E-state index contributed by atoms with van der Waals surface area (Å²) in [5.41, 5.74) is 6.73. The van der Waals surface area contributed by atoms with Crippen LogP contribution in [0.15, 0.2) is 98.9 Å². The van der Waals surface area contributed by atoms with E-state index >= 15 is 0 Å². The lowest BCUT2D eigenvalue weighted by Crippen LogP contribution is -2.02. The summed E-state index contributed by atoms with van der Waals surface area (Å²) in [5, 5.41) is 9.81. The van der Waals surface area contributed by atoms with Gasteiger partial charge in [0.2, 0.25) is 0 Å². The van der Waals surface area contributed by atoms with Gasteiger partial charge in [-0.2, -0.15) is 16.8 Å². The largest absolute Gasteiger partial charge is 0.397 e. The number of rotatable bonds is 6. The van der Waals surface area contributed by atoms with Gasteiger partial charge in [0.25, 0.3) is 20.2 Å². The average molecular weight is 510 g/mol. The molecule has 0 aliphatic carbocycles. The molecule has 11 heteroatoms. The zero-order valence-electron chi connectivity index (χ0n) is 18.0.